The molecule has 0 bridgehead atoms. The van der Waals surface area contributed by atoms with Crippen LogP contribution in [0.5, 0.6) is 5.75 Å². The third-order valence-corrected chi connectivity index (χ3v) is 2.64. The Morgan fingerprint density at radius 1 is 1.41 bits per heavy atom. The Hall–Kier alpha value is -1.62. The molecule has 1 aromatic rings. The number of para-hydroxylation sites is 1. The number of ether oxygens (including phenoxy) is 2. The molecule has 0 aromatic heterocycles. The molecular formula is C12H14FNO3. The van der Waals surface area contributed by atoms with Gasteiger partial charge < -0.3 is 14.8 Å². The lowest BCUT2D eigenvalue weighted by atomic mass is 10.1. The van der Waals surface area contributed by atoms with Crippen molar-refractivity contribution in [3.05, 3.63) is 24.0 Å². The Labute approximate surface area is 98.7 Å². The highest BCUT2D eigenvalue weighted by molar-refractivity contribution is 5.75. The van der Waals surface area contributed by atoms with Crippen LogP contribution in [-0.4, -0.2) is 25.7 Å². The zero-order valence-corrected chi connectivity index (χ0v) is 9.32. The van der Waals surface area contributed by atoms with E-state index in [2.05, 4.69) is 5.32 Å². The SMILES string of the molecule is O=CNc1c(F)cccc1OC1CCOCC1. The third kappa shape index (κ3) is 2.94. The molecule has 1 saturated heterocycles. The predicted octanol–water partition coefficient (Wildman–Crippen LogP) is 1.95. The summed E-state index contributed by atoms with van der Waals surface area (Å²) in [6.45, 7) is 1.30. The number of rotatable bonds is 4. The molecule has 0 radical (unpaired) electrons. The standard InChI is InChI=1S/C12H14FNO3/c13-10-2-1-3-11(12(10)14-8-15)17-9-4-6-16-7-5-9/h1-3,8-9H,4-7H2,(H,14,15). The molecule has 1 aliphatic heterocycles. The molecule has 1 fully saturated rings. The summed E-state index contributed by atoms with van der Waals surface area (Å²) in [7, 11) is 0. The lowest BCUT2D eigenvalue weighted by Gasteiger charge is -2.24. The van der Waals surface area contributed by atoms with Crippen LogP contribution in [0.1, 0.15) is 12.8 Å². The molecule has 1 heterocycles. The van der Waals surface area contributed by atoms with Gasteiger partial charge in [-0.25, -0.2) is 4.39 Å². The van der Waals surface area contributed by atoms with Crippen LogP contribution in [0, 0.1) is 5.82 Å². The Balaban J connectivity index is 2.13. The topological polar surface area (TPSA) is 47.6 Å². The van der Waals surface area contributed by atoms with E-state index in [4.69, 9.17) is 9.47 Å². The van der Waals surface area contributed by atoms with Crippen LogP contribution in [0.15, 0.2) is 18.2 Å². The highest BCUT2D eigenvalue weighted by atomic mass is 19.1. The number of halogens is 1. The quantitative estimate of drug-likeness (QED) is 0.817. The average molecular weight is 239 g/mol. The smallest absolute Gasteiger partial charge is 0.211 e. The molecule has 4 nitrogen and oxygen atoms in total. The number of hydrogen-bond donors (Lipinski definition) is 1. The van der Waals surface area contributed by atoms with Crippen LogP contribution in [-0.2, 0) is 9.53 Å². The summed E-state index contributed by atoms with van der Waals surface area (Å²) >= 11 is 0. The zero-order chi connectivity index (χ0) is 12.1. The average Bonchev–Trinajstić information content (AvgIpc) is 2.35. The van der Waals surface area contributed by atoms with Crippen molar-refractivity contribution in [2.75, 3.05) is 18.5 Å². The van der Waals surface area contributed by atoms with E-state index in [9.17, 15) is 9.18 Å². The number of hydrogen-bond acceptors (Lipinski definition) is 3. The molecule has 1 amide bonds. The van der Waals surface area contributed by atoms with Gasteiger partial charge in [-0.2, -0.15) is 0 Å². The molecule has 1 aromatic carbocycles. The fourth-order valence-corrected chi connectivity index (χ4v) is 1.77. The predicted molar refractivity (Wildman–Crippen MR) is 60.6 cm³/mol. The summed E-state index contributed by atoms with van der Waals surface area (Å²) in [4.78, 5) is 10.4. The number of nitrogens with one attached hydrogen (secondary N) is 1. The Bertz CT molecular complexity index is 391. The van der Waals surface area contributed by atoms with E-state index in [1.165, 1.54) is 6.07 Å². The Morgan fingerprint density at radius 3 is 2.88 bits per heavy atom. The monoisotopic (exact) mass is 239 g/mol. The van der Waals surface area contributed by atoms with Crippen molar-refractivity contribution < 1.29 is 18.7 Å². The maximum atomic E-state index is 13.5. The molecule has 0 saturated carbocycles. The van der Waals surface area contributed by atoms with E-state index in [1.807, 2.05) is 0 Å². The summed E-state index contributed by atoms with van der Waals surface area (Å²) in [6, 6.07) is 4.48. The number of carbonyl (C=O) groups excluding carboxylic acids is 1. The molecule has 2 rings (SSSR count). The van der Waals surface area contributed by atoms with Gasteiger partial charge in [0.1, 0.15) is 17.5 Å². The number of amides is 1. The number of benzene rings is 1. The molecular weight excluding hydrogens is 225 g/mol. The first kappa shape index (κ1) is 11.9. The molecule has 0 spiro atoms. The van der Waals surface area contributed by atoms with Gasteiger partial charge in [0.2, 0.25) is 6.41 Å². The summed E-state index contributed by atoms with van der Waals surface area (Å²) < 4.78 is 24.4. The van der Waals surface area contributed by atoms with Crippen molar-refractivity contribution in [1.82, 2.24) is 0 Å². The first-order valence-electron chi connectivity index (χ1n) is 5.54. The normalized spacial score (nSPS) is 16.5. The molecule has 17 heavy (non-hydrogen) atoms. The highest BCUT2D eigenvalue weighted by Crippen LogP contribution is 2.29. The Kier molecular flexibility index (Phi) is 3.93. The maximum Gasteiger partial charge on any atom is 0.211 e. The van der Waals surface area contributed by atoms with Gasteiger partial charge in [0.15, 0.2) is 5.82 Å². The van der Waals surface area contributed by atoms with E-state index in [-0.39, 0.29) is 11.8 Å². The van der Waals surface area contributed by atoms with Crippen molar-refractivity contribution in [3.63, 3.8) is 0 Å². The molecule has 5 heteroatoms. The van der Waals surface area contributed by atoms with Crippen LogP contribution in [0.4, 0.5) is 10.1 Å². The van der Waals surface area contributed by atoms with Gasteiger partial charge in [-0.3, -0.25) is 4.79 Å². The highest BCUT2D eigenvalue weighted by Gasteiger charge is 2.18. The number of anilines is 1. The lowest BCUT2D eigenvalue weighted by molar-refractivity contribution is -0.105. The minimum absolute atomic E-state index is 0.0118. The summed E-state index contributed by atoms with van der Waals surface area (Å²) in [5, 5.41) is 2.32. The van der Waals surface area contributed by atoms with Crippen molar-refractivity contribution in [2.45, 2.75) is 18.9 Å². The lowest BCUT2D eigenvalue weighted by Crippen LogP contribution is -2.26. The third-order valence-electron chi connectivity index (χ3n) is 2.64. The molecule has 92 valence electrons. The van der Waals surface area contributed by atoms with Crippen LogP contribution < -0.4 is 10.1 Å². The molecule has 0 aliphatic carbocycles. The van der Waals surface area contributed by atoms with Gasteiger partial charge >= 0.3 is 0 Å². The molecule has 1 aliphatic rings. The van der Waals surface area contributed by atoms with Gasteiger partial charge in [0, 0.05) is 12.8 Å². The Morgan fingerprint density at radius 2 is 2.18 bits per heavy atom. The van der Waals surface area contributed by atoms with Crippen LogP contribution >= 0.6 is 0 Å². The molecule has 1 N–H and O–H groups in total. The van der Waals surface area contributed by atoms with Gasteiger partial charge in [0.05, 0.1) is 13.2 Å². The minimum Gasteiger partial charge on any atom is -0.488 e. The first-order valence-corrected chi connectivity index (χ1v) is 5.54. The van der Waals surface area contributed by atoms with Gasteiger partial charge in [-0.15, -0.1) is 0 Å². The zero-order valence-electron chi connectivity index (χ0n) is 9.32. The van der Waals surface area contributed by atoms with Gasteiger partial charge in [-0.1, -0.05) is 6.07 Å². The minimum atomic E-state index is -0.498. The summed E-state index contributed by atoms with van der Waals surface area (Å²) in [5.41, 5.74) is 0.0917. The van der Waals surface area contributed by atoms with Crippen molar-refractivity contribution in [2.24, 2.45) is 0 Å². The van der Waals surface area contributed by atoms with Gasteiger partial charge in [0.25, 0.3) is 0 Å². The van der Waals surface area contributed by atoms with Crippen LogP contribution in [0.25, 0.3) is 0 Å². The van der Waals surface area contributed by atoms with E-state index >= 15 is 0 Å². The summed E-state index contributed by atoms with van der Waals surface area (Å²) in [5.74, 6) is -0.134. The van der Waals surface area contributed by atoms with E-state index < -0.39 is 5.82 Å². The molecule has 0 atom stereocenters. The van der Waals surface area contributed by atoms with Crippen LogP contribution in [0.2, 0.25) is 0 Å². The second kappa shape index (κ2) is 5.63. The second-order valence-corrected chi connectivity index (χ2v) is 3.80. The van der Waals surface area contributed by atoms with Crippen molar-refractivity contribution in [1.29, 1.82) is 0 Å². The van der Waals surface area contributed by atoms with E-state index in [0.29, 0.717) is 25.4 Å². The number of carbonyl (C=O) groups is 1. The molecule has 0 unspecified atom stereocenters. The largest absolute Gasteiger partial charge is 0.488 e. The fraction of sp³-hybridized carbons (Fsp3) is 0.417. The van der Waals surface area contributed by atoms with E-state index in [1.54, 1.807) is 12.1 Å². The fourth-order valence-electron chi connectivity index (χ4n) is 1.77. The maximum absolute atomic E-state index is 13.5. The van der Waals surface area contributed by atoms with E-state index in [0.717, 1.165) is 12.8 Å². The summed E-state index contributed by atoms with van der Waals surface area (Å²) in [6.07, 6.45) is 2.00. The van der Waals surface area contributed by atoms with Crippen molar-refractivity contribution >= 4 is 12.1 Å². The first-order chi connectivity index (χ1) is 8.31. The van der Waals surface area contributed by atoms with Gasteiger partial charge in [-0.05, 0) is 12.1 Å². The van der Waals surface area contributed by atoms with Crippen molar-refractivity contribution in [3.8, 4) is 5.75 Å². The second-order valence-electron chi connectivity index (χ2n) is 3.80. The van der Waals surface area contributed by atoms with Crippen LogP contribution in [0.3, 0.4) is 0 Å².